The van der Waals surface area contributed by atoms with Crippen LogP contribution >= 0.6 is 27.5 Å². The molecule has 5 heteroatoms. The smallest absolute Gasteiger partial charge is 0.0539 e. The van der Waals surface area contributed by atoms with Gasteiger partial charge in [0, 0.05) is 34.3 Å². The van der Waals surface area contributed by atoms with Gasteiger partial charge in [-0.2, -0.15) is 5.10 Å². The topological polar surface area (TPSA) is 29.9 Å². The molecule has 3 nitrogen and oxygen atoms in total. The Morgan fingerprint density at radius 1 is 1.44 bits per heavy atom. The molecule has 0 saturated carbocycles. The summed E-state index contributed by atoms with van der Waals surface area (Å²) in [5.41, 5.74) is 3.21. The largest absolute Gasteiger partial charge is 0.380 e. The van der Waals surface area contributed by atoms with Gasteiger partial charge in [-0.15, -0.1) is 0 Å². The van der Waals surface area contributed by atoms with E-state index in [4.69, 9.17) is 11.6 Å². The maximum Gasteiger partial charge on any atom is 0.0539 e. The second-order valence-corrected chi connectivity index (χ2v) is 5.40. The monoisotopic (exact) mass is 327 g/mol. The van der Waals surface area contributed by atoms with Crippen molar-refractivity contribution in [2.45, 2.75) is 26.9 Å². The molecule has 0 unspecified atom stereocenters. The van der Waals surface area contributed by atoms with Crippen molar-refractivity contribution in [3.63, 3.8) is 0 Å². The maximum absolute atomic E-state index is 6.12. The summed E-state index contributed by atoms with van der Waals surface area (Å²) in [5.74, 6) is 0. The molecule has 2 aromatic rings. The molecule has 0 saturated heterocycles. The molecule has 0 atom stereocenters. The minimum absolute atomic E-state index is 0.734. The zero-order valence-electron chi connectivity index (χ0n) is 10.4. The Hall–Kier alpha value is -1.00. The summed E-state index contributed by atoms with van der Waals surface area (Å²) in [6, 6.07) is 3.95. The van der Waals surface area contributed by atoms with E-state index < -0.39 is 0 Å². The van der Waals surface area contributed by atoms with Gasteiger partial charge in [-0.1, -0.05) is 11.6 Å². The lowest BCUT2D eigenvalue weighted by atomic mass is 10.2. The fourth-order valence-corrected chi connectivity index (χ4v) is 2.41. The average Bonchev–Trinajstić information content (AvgIpc) is 2.80. The summed E-state index contributed by atoms with van der Waals surface area (Å²) in [4.78, 5) is 0. The van der Waals surface area contributed by atoms with Gasteiger partial charge in [0.25, 0.3) is 0 Å². The van der Waals surface area contributed by atoms with E-state index in [1.807, 2.05) is 36.1 Å². The Morgan fingerprint density at radius 2 is 2.22 bits per heavy atom. The van der Waals surface area contributed by atoms with Crippen molar-refractivity contribution in [3.05, 3.63) is 45.1 Å². The molecule has 0 amide bonds. The summed E-state index contributed by atoms with van der Waals surface area (Å²) in [5, 5.41) is 8.36. The molecule has 0 aliphatic rings. The highest BCUT2D eigenvalue weighted by molar-refractivity contribution is 9.10. The molecule has 0 aliphatic carbocycles. The lowest BCUT2D eigenvalue weighted by Crippen LogP contribution is -2.00. The second kappa shape index (κ2) is 5.76. The van der Waals surface area contributed by atoms with Crippen LogP contribution in [0.1, 0.15) is 18.1 Å². The highest BCUT2D eigenvalue weighted by Crippen LogP contribution is 2.29. The van der Waals surface area contributed by atoms with Gasteiger partial charge in [0.05, 0.1) is 11.9 Å². The number of halogens is 2. The van der Waals surface area contributed by atoms with Crippen LogP contribution in [-0.2, 0) is 13.1 Å². The van der Waals surface area contributed by atoms with Crippen LogP contribution in [-0.4, -0.2) is 9.78 Å². The van der Waals surface area contributed by atoms with Gasteiger partial charge in [0.2, 0.25) is 0 Å². The Kier molecular flexibility index (Phi) is 4.30. The second-order valence-electron chi connectivity index (χ2n) is 4.14. The van der Waals surface area contributed by atoms with Crippen molar-refractivity contribution < 1.29 is 0 Å². The Labute approximate surface area is 120 Å². The molecule has 0 aliphatic heterocycles. The van der Waals surface area contributed by atoms with E-state index in [-0.39, 0.29) is 0 Å². The van der Waals surface area contributed by atoms with Crippen molar-refractivity contribution in [1.29, 1.82) is 0 Å². The van der Waals surface area contributed by atoms with E-state index in [0.717, 1.165) is 39.4 Å². The van der Waals surface area contributed by atoms with Crippen LogP contribution in [0.4, 0.5) is 5.69 Å². The van der Waals surface area contributed by atoms with Gasteiger partial charge in [-0.3, -0.25) is 4.68 Å². The van der Waals surface area contributed by atoms with Crippen LogP contribution < -0.4 is 5.32 Å². The molecule has 1 heterocycles. The lowest BCUT2D eigenvalue weighted by Gasteiger charge is -2.09. The van der Waals surface area contributed by atoms with Crippen LogP contribution in [0.2, 0.25) is 5.02 Å². The summed E-state index contributed by atoms with van der Waals surface area (Å²) in [6.07, 6.45) is 3.91. The van der Waals surface area contributed by atoms with Gasteiger partial charge in [0.15, 0.2) is 0 Å². The number of anilines is 1. The van der Waals surface area contributed by atoms with Crippen LogP contribution in [0.5, 0.6) is 0 Å². The quantitative estimate of drug-likeness (QED) is 0.910. The van der Waals surface area contributed by atoms with Gasteiger partial charge < -0.3 is 5.32 Å². The zero-order chi connectivity index (χ0) is 13.1. The third kappa shape index (κ3) is 3.06. The Balaban J connectivity index is 2.08. The molecule has 1 N–H and O–H groups in total. The molecular weight excluding hydrogens is 314 g/mol. The van der Waals surface area contributed by atoms with Gasteiger partial charge in [-0.05, 0) is 47.5 Å². The molecule has 0 fully saturated rings. The SMILES string of the molecule is CCn1cc(CNc2cc(Cl)c(C)cc2Br)cn1. The first-order chi connectivity index (χ1) is 8.60. The predicted molar refractivity (Wildman–Crippen MR) is 79.1 cm³/mol. The average molecular weight is 329 g/mol. The number of rotatable bonds is 4. The van der Waals surface area contributed by atoms with Gasteiger partial charge in [0.1, 0.15) is 0 Å². The minimum Gasteiger partial charge on any atom is -0.380 e. The van der Waals surface area contributed by atoms with Gasteiger partial charge in [-0.25, -0.2) is 0 Å². The van der Waals surface area contributed by atoms with Crippen molar-refractivity contribution in [1.82, 2.24) is 9.78 Å². The summed E-state index contributed by atoms with van der Waals surface area (Å²) in [7, 11) is 0. The zero-order valence-corrected chi connectivity index (χ0v) is 12.7. The van der Waals surface area contributed by atoms with Crippen LogP contribution in [0, 0.1) is 6.92 Å². The molecule has 96 valence electrons. The highest BCUT2D eigenvalue weighted by Gasteiger charge is 2.04. The summed E-state index contributed by atoms with van der Waals surface area (Å²) in [6.45, 7) is 5.68. The van der Waals surface area contributed by atoms with E-state index in [0.29, 0.717) is 0 Å². The standard InChI is InChI=1S/C13H15BrClN3/c1-3-18-8-10(7-17-18)6-16-13-5-12(15)9(2)4-11(13)14/h4-5,7-8,16H,3,6H2,1-2H3. The van der Waals surface area contributed by atoms with E-state index in [1.165, 1.54) is 0 Å². The number of nitrogens with one attached hydrogen (secondary N) is 1. The van der Waals surface area contributed by atoms with Crippen molar-refractivity contribution in [2.24, 2.45) is 0 Å². The molecule has 2 rings (SSSR count). The first-order valence-electron chi connectivity index (χ1n) is 5.81. The molecule has 18 heavy (non-hydrogen) atoms. The first kappa shape index (κ1) is 13.4. The van der Waals surface area contributed by atoms with Crippen LogP contribution in [0.3, 0.4) is 0 Å². The molecule has 0 spiro atoms. The normalized spacial score (nSPS) is 10.7. The molecule has 0 bridgehead atoms. The number of aromatic nitrogens is 2. The lowest BCUT2D eigenvalue weighted by molar-refractivity contribution is 0.659. The number of hydrogen-bond acceptors (Lipinski definition) is 2. The fourth-order valence-electron chi connectivity index (χ4n) is 1.65. The Morgan fingerprint density at radius 3 is 2.89 bits per heavy atom. The number of aryl methyl sites for hydroxylation is 2. The van der Waals surface area contributed by atoms with Gasteiger partial charge >= 0.3 is 0 Å². The van der Waals surface area contributed by atoms with Crippen LogP contribution in [0.15, 0.2) is 29.0 Å². The first-order valence-corrected chi connectivity index (χ1v) is 6.98. The highest BCUT2D eigenvalue weighted by atomic mass is 79.9. The third-order valence-electron chi connectivity index (χ3n) is 2.74. The number of hydrogen-bond donors (Lipinski definition) is 1. The van der Waals surface area contributed by atoms with E-state index >= 15 is 0 Å². The predicted octanol–water partition coefficient (Wildman–Crippen LogP) is 4.24. The number of benzene rings is 1. The van der Waals surface area contributed by atoms with Crippen molar-refractivity contribution in [2.75, 3.05) is 5.32 Å². The minimum atomic E-state index is 0.734. The molecule has 1 aromatic carbocycles. The molecular formula is C13H15BrClN3. The number of nitrogens with zero attached hydrogens (tertiary/aromatic N) is 2. The van der Waals surface area contributed by atoms with E-state index in [2.05, 4.69) is 33.3 Å². The summed E-state index contributed by atoms with van der Waals surface area (Å²) < 4.78 is 2.93. The third-order valence-corrected chi connectivity index (χ3v) is 3.81. The Bertz CT molecular complexity index is 551. The fraction of sp³-hybridized carbons (Fsp3) is 0.308. The molecule has 1 aromatic heterocycles. The van der Waals surface area contributed by atoms with E-state index in [1.54, 1.807) is 0 Å². The van der Waals surface area contributed by atoms with E-state index in [9.17, 15) is 0 Å². The maximum atomic E-state index is 6.12. The van der Waals surface area contributed by atoms with Crippen molar-refractivity contribution >= 4 is 33.2 Å². The van der Waals surface area contributed by atoms with Crippen LogP contribution in [0.25, 0.3) is 0 Å². The molecule has 0 radical (unpaired) electrons. The summed E-state index contributed by atoms with van der Waals surface area (Å²) >= 11 is 9.65. The van der Waals surface area contributed by atoms with Crippen molar-refractivity contribution in [3.8, 4) is 0 Å².